The van der Waals surface area contributed by atoms with E-state index in [1.807, 2.05) is 7.05 Å². The molecular weight excluding hydrogens is 168 g/mol. The van der Waals surface area contributed by atoms with Crippen LogP contribution in [0.5, 0.6) is 0 Å². The Hall–Kier alpha value is -1.20. The molecule has 5 nitrogen and oxygen atoms in total. The average Bonchev–Trinajstić information content (AvgIpc) is 2.52. The van der Waals surface area contributed by atoms with Crippen molar-refractivity contribution in [1.29, 1.82) is 0 Å². The van der Waals surface area contributed by atoms with E-state index >= 15 is 0 Å². The highest BCUT2D eigenvalue weighted by molar-refractivity contribution is 5.32. The van der Waals surface area contributed by atoms with Crippen LogP contribution in [-0.4, -0.2) is 17.0 Å². The second-order valence-corrected chi connectivity index (χ2v) is 2.98. The second kappa shape index (κ2) is 3.27. The topological polar surface area (TPSA) is 73.1 Å². The van der Waals surface area contributed by atoms with Crippen LogP contribution in [0.2, 0.25) is 0 Å². The summed E-state index contributed by atoms with van der Waals surface area (Å²) in [6.07, 6.45) is 0. The van der Waals surface area contributed by atoms with Crippen LogP contribution in [0.4, 0.5) is 5.95 Å². The van der Waals surface area contributed by atoms with Crippen LogP contribution in [0.1, 0.15) is 17.0 Å². The first-order chi connectivity index (χ1) is 6.31. The van der Waals surface area contributed by atoms with Crippen molar-refractivity contribution < 1.29 is 4.74 Å². The molecule has 0 spiro atoms. The van der Waals surface area contributed by atoms with Crippen LogP contribution in [0.3, 0.4) is 0 Å². The highest BCUT2D eigenvalue weighted by atomic mass is 16.5. The Morgan fingerprint density at radius 3 is 3.08 bits per heavy atom. The minimum Gasteiger partial charge on any atom is -0.370 e. The standard InChI is InChI=1S/C8H12N4O/c1-10-2-6-5-3-13-4-7(5)12-8(9)11-6/h10H,2-4H2,1H3,(H2,9,11,12). The van der Waals surface area contributed by atoms with E-state index in [4.69, 9.17) is 10.5 Å². The summed E-state index contributed by atoms with van der Waals surface area (Å²) in [5, 5.41) is 3.04. The molecule has 1 aliphatic heterocycles. The number of nitrogen functional groups attached to an aromatic ring is 1. The zero-order chi connectivity index (χ0) is 9.26. The minimum absolute atomic E-state index is 0.328. The number of hydrogen-bond acceptors (Lipinski definition) is 5. The summed E-state index contributed by atoms with van der Waals surface area (Å²) in [5.74, 6) is 0.328. The molecule has 0 aliphatic carbocycles. The molecular formula is C8H12N4O. The lowest BCUT2D eigenvalue weighted by molar-refractivity contribution is 0.133. The van der Waals surface area contributed by atoms with Crippen LogP contribution in [0.15, 0.2) is 0 Å². The van der Waals surface area contributed by atoms with Gasteiger partial charge in [0.25, 0.3) is 0 Å². The molecule has 0 atom stereocenters. The summed E-state index contributed by atoms with van der Waals surface area (Å²) in [4.78, 5) is 8.27. The van der Waals surface area contributed by atoms with Crippen LogP contribution < -0.4 is 11.1 Å². The van der Waals surface area contributed by atoms with Crippen molar-refractivity contribution in [2.75, 3.05) is 12.8 Å². The fourth-order valence-electron chi connectivity index (χ4n) is 1.45. The first-order valence-electron chi connectivity index (χ1n) is 4.17. The molecule has 5 heteroatoms. The number of nitrogens with two attached hydrogens (primary N) is 1. The molecule has 70 valence electrons. The van der Waals surface area contributed by atoms with Gasteiger partial charge in [-0.25, -0.2) is 9.97 Å². The zero-order valence-corrected chi connectivity index (χ0v) is 7.50. The van der Waals surface area contributed by atoms with Crippen molar-refractivity contribution in [2.24, 2.45) is 0 Å². The molecule has 0 saturated heterocycles. The van der Waals surface area contributed by atoms with E-state index in [1.165, 1.54) is 0 Å². The van der Waals surface area contributed by atoms with E-state index in [1.54, 1.807) is 0 Å². The van der Waals surface area contributed by atoms with Crippen LogP contribution >= 0.6 is 0 Å². The monoisotopic (exact) mass is 180 g/mol. The number of anilines is 1. The predicted molar refractivity (Wildman–Crippen MR) is 47.7 cm³/mol. The molecule has 1 aromatic heterocycles. The van der Waals surface area contributed by atoms with Gasteiger partial charge in [0, 0.05) is 12.1 Å². The molecule has 0 fully saturated rings. The average molecular weight is 180 g/mol. The van der Waals surface area contributed by atoms with Gasteiger partial charge in [-0.15, -0.1) is 0 Å². The number of fused-ring (bicyclic) bond motifs is 1. The summed E-state index contributed by atoms with van der Waals surface area (Å²) in [5.41, 5.74) is 8.52. The number of nitrogens with zero attached hydrogens (tertiary/aromatic N) is 2. The molecule has 0 unspecified atom stereocenters. The third kappa shape index (κ3) is 1.48. The van der Waals surface area contributed by atoms with E-state index < -0.39 is 0 Å². The lowest BCUT2D eigenvalue weighted by Gasteiger charge is -2.05. The Bertz CT molecular complexity index is 326. The van der Waals surface area contributed by atoms with Crippen molar-refractivity contribution in [2.45, 2.75) is 19.8 Å². The Morgan fingerprint density at radius 2 is 2.31 bits per heavy atom. The maximum absolute atomic E-state index is 5.56. The molecule has 1 aliphatic rings. The predicted octanol–water partition coefficient (Wildman–Crippen LogP) is -0.192. The molecule has 0 amide bonds. The van der Waals surface area contributed by atoms with E-state index in [2.05, 4.69) is 15.3 Å². The lowest BCUT2D eigenvalue weighted by atomic mass is 10.2. The van der Waals surface area contributed by atoms with E-state index in [-0.39, 0.29) is 0 Å². The number of aromatic nitrogens is 2. The SMILES string of the molecule is CNCc1nc(N)nc2c1COC2. The maximum atomic E-state index is 5.56. The molecule has 0 radical (unpaired) electrons. The van der Waals surface area contributed by atoms with Gasteiger partial charge < -0.3 is 15.8 Å². The third-order valence-corrected chi connectivity index (χ3v) is 2.03. The highest BCUT2D eigenvalue weighted by Gasteiger charge is 2.18. The number of ether oxygens (including phenoxy) is 1. The Labute approximate surface area is 76.3 Å². The van der Waals surface area contributed by atoms with Crippen LogP contribution in [-0.2, 0) is 24.5 Å². The van der Waals surface area contributed by atoms with Crippen molar-refractivity contribution in [3.8, 4) is 0 Å². The van der Waals surface area contributed by atoms with Crippen molar-refractivity contribution in [3.63, 3.8) is 0 Å². The van der Waals surface area contributed by atoms with Gasteiger partial charge >= 0.3 is 0 Å². The smallest absolute Gasteiger partial charge is 0.220 e. The molecule has 13 heavy (non-hydrogen) atoms. The number of rotatable bonds is 2. The minimum atomic E-state index is 0.328. The van der Waals surface area contributed by atoms with Gasteiger partial charge in [0.1, 0.15) is 0 Å². The van der Waals surface area contributed by atoms with Crippen molar-refractivity contribution in [1.82, 2.24) is 15.3 Å². The second-order valence-electron chi connectivity index (χ2n) is 2.98. The fraction of sp³-hybridized carbons (Fsp3) is 0.500. The summed E-state index contributed by atoms with van der Waals surface area (Å²) in [6, 6.07) is 0. The summed E-state index contributed by atoms with van der Waals surface area (Å²) < 4.78 is 5.27. The fourth-order valence-corrected chi connectivity index (χ4v) is 1.45. The first kappa shape index (κ1) is 8.40. The first-order valence-corrected chi connectivity index (χ1v) is 4.17. The van der Waals surface area contributed by atoms with Gasteiger partial charge in [-0.1, -0.05) is 0 Å². The van der Waals surface area contributed by atoms with Gasteiger partial charge in [0.15, 0.2) is 0 Å². The molecule has 3 N–H and O–H groups in total. The van der Waals surface area contributed by atoms with Gasteiger partial charge in [-0.05, 0) is 7.05 Å². The molecule has 0 aromatic carbocycles. The van der Waals surface area contributed by atoms with Gasteiger partial charge in [-0.3, -0.25) is 0 Å². The van der Waals surface area contributed by atoms with E-state index in [9.17, 15) is 0 Å². The summed E-state index contributed by atoms with van der Waals surface area (Å²) in [7, 11) is 1.88. The van der Waals surface area contributed by atoms with Crippen molar-refractivity contribution in [3.05, 3.63) is 17.0 Å². The quantitative estimate of drug-likeness (QED) is 0.660. The summed E-state index contributed by atoms with van der Waals surface area (Å²) in [6.45, 7) is 1.86. The van der Waals surface area contributed by atoms with E-state index in [0.717, 1.165) is 17.0 Å². The molecule has 2 rings (SSSR count). The normalized spacial score (nSPS) is 14.5. The van der Waals surface area contributed by atoms with Gasteiger partial charge in [0.05, 0.1) is 24.6 Å². The number of hydrogen-bond donors (Lipinski definition) is 2. The molecule has 1 aromatic rings. The Morgan fingerprint density at radius 1 is 1.46 bits per heavy atom. The summed E-state index contributed by atoms with van der Waals surface area (Å²) >= 11 is 0. The molecule has 0 saturated carbocycles. The van der Waals surface area contributed by atoms with E-state index in [0.29, 0.717) is 25.7 Å². The van der Waals surface area contributed by atoms with Crippen molar-refractivity contribution >= 4 is 5.95 Å². The Balaban J connectivity index is 2.43. The van der Waals surface area contributed by atoms with Crippen LogP contribution in [0, 0.1) is 0 Å². The molecule has 2 heterocycles. The molecule has 0 bridgehead atoms. The van der Waals surface area contributed by atoms with Gasteiger partial charge in [0.2, 0.25) is 5.95 Å². The zero-order valence-electron chi connectivity index (χ0n) is 7.50. The Kier molecular flexibility index (Phi) is 2.12. The lowest BCUT2D eigenvalue weighted by Crippen LogP contribution is -2.12. The highest BCUT2D eigenvalue weighted by Crippen LogP contribution is 2.21. The maximum Gasteiger partial charge on any atom is 0.220 e. The van der Waals surface area contributed by atoms with Gasteiger partial charge in [-0.2, -0.15) is 0 Å². The van der Waals surface area contributed by atoms with Crippen LogP contribution in [0.25, 0.3) is 0 Å². The number of nitrogens with one attached hydrogen (secondary N) is 1. The third-order valence-electron chi connectivity index (χ3n) is 2.03. The largest absolute Gasteiger partial charge is 0.370 e.